The first-order valence-corrected chi connectivity index (χ1v) is 12.2. The van der Waals surface area contributed by atoms with Crippen LogP contribution in [0.3, 0.4) is 0 Å². The molecule has 39 heavy (non-hydrogen) atoms. The van der Waals surface area contributed by atoms with Gasteiger partial charge in [-0.1, -0.05) is 12.0 Å². The van der Waals surface area contributed by atoms with Crippen LogP contribution in [0.5, 0.6) is 0 Å². The van der Waals surface area contributed by atoms with Crippen LogP contribution >= 0.6 is 0 Å². The molecule has 0 unspecified atom stereocenters. The highest BCUT2D eigenvalue weighted by Crippen LogP contribution is 2.33. The van der Waals surface area contributed by atoms with Crippen molar-refractivity contribution < 1.29 is 50.3 Å². The van der Waals surface area contributed by atoms with E-state index >= 15 is 0 Å². The minimum atomic E-state index is -4.95. The van der Waals surface area contributed by atoms with E-state index in [-0.39, 0.29) is 17.0 Å². The molecule has 0 bridgehead atoms. The first-order chi connectivity index (χ1) is 18.4. The molecule has 3 aromatic rings. The summed E-state index contributed by atoms with van der Waals surface area (Å²) < 4.78 is 76.2. The summed E-state index contributed by atoms with van der Waals surface area (Å²) >= 11 is 0. The van der Waals surface area contributed by atoms with Gasteiger partial charge in [0.15, 0.2) is 29.8 Å². The highest BCUT2D eigenvalue weighted by Gasteiger charge is 2.45. The number of anilines is 2. The van der Waals surface area contributed by atoms with Crippen LogP contribution in [-0.4, -0.2) is 81.9 Å². The molecule has 1 amide bonds. The number of carbonyl (C=O) groups is 1. The number of nitrogens with one attached hydrogen (secondary N) is 2. The molecule has 4 atom stereocenters. The fraction of sp³-hybridized carbons (Fsp3) is 0.333. The number of rotatable bonds is 8. The summed E-state index contributed by atoms with van der Waals surface area (Å²) in [5.74, 6) is 2.80. The van der Waals surface area contributed by atoms with E-state index in [4.69, 9.17) is 11.2 Å². The summed E-state index contributed by atoms with van der Waals surface area (Å²) in [4.78, 5) is 23.8. The lowest BCUT2D eigenvalue weighted by molar-refractivity contribution is -0.160. The number of nitrogens with zero attached hydrogens (tertiary/aromatic N) is 4. The molecule has 0 aliphatic carbocycles. The van der Waals surface area contributed by atoms with Gasteiger partial charge in [0.25, 0.3) is 0 Å². The van der Waals surface area contributed by atoms with Crippen molar-refractivity contribution in [3.05, 3.63) is 42.5 Å². The Morgan fingerprint density at radius 2 is 2.00 bits per heavy atom. The Morgan fingerprint density at radius 1 is 1.23 bits per heavy atom. The van der Waals surface area contributed by atoms with Crippen LogP contribution in [0.25, 0.3) is 11.2 Å². The zero-order chi connectivity index (χ0) is 28.4. The number of aliphatic hydroxyl groups is 2. The second-order valence-corrected chi connectivity index (χ2v) is 9.32. The van der Waals surface area contributed by atoms with Gasteiger partial charge in [-0.3, -0.25) is 8.75 Å². The molecule has 3 heterocycles. The number of imidazole rings is 1. The molecule has 4 rings (SSSR count). The van der Waals surface area contributed by atoms with Crippen molar-refractivity contribution in [2.75, 3.05) is 18.5 Å². The van der Waals surface area contributed by atoms with Gasteiger partial charge in [0, 0.05) is 11.3 Å². The maximum absolute atomic E-state index is 12.1. The Bertz CT molecular complexity index is 1510. The maximum Gasteiger partial charge on any atom is 0.423 e. The normalized spacial score (nSPS) is 21.4. The van der Waals surface area contributed by atoms with E-state index < -0.39 is 60.3 Å². The van der Waals surface area contributed by atoms with Gasteiger partial charge >= 0.3 is 22.6 Å². The second-order valence-electron chi connectivity index (χ2n) is 7.97. The number of halogens is 3. The largest absolute Gasteiger partial charge is 0.439 e. The van der Waals surface area contributed by atoms with Crippen molar-refractivity contribution in [2.24, 2.45) is 0 Å². The molecule has 1 fully saturated rings. The molecule has 0 spiro atoms. The van der Waals surface area contributed by atoms with Crippen LogP contribution in [0.1, 0.15) is 11.8 Å². The van der Waals surface area contributed by atoms with Crippen LogP contribution in [0, 0.1) is 12.3 Å². The number of aromatic nitrogens is 4. The van der Waals surface area contributed by atoms with Gasteiger partial charge in [-0.2, -0.15) is 26.3 Å². The van der Waals surface area contributed by atoms with E-state index in [1.807, 2.05) is 0 Å². The topological polar surface area (TPSA) is 187 Å². The van der Waals surface area contributed by atoms with Gasteiger partial charge in [-0.05, 0) is 18.2 Å². The molecule has 4 N–H and O–H groups in total. The number of hydrogen-bond donors (Lipinski definition) is 4. The quantitative estimate of drug-likeness (QED) is 0.278. The Labute approximate surface area is 218 Å². The number of benzene rings is 1. The molecule has 18 heteroatoms. The predicted octanol–water partition coefficient (Wildman–Crippen LogP) is 0.720. The number of carbonyl (C=O) groups excluding carboxylic acids is 1. The number of fused-ring (bicyclic) bond motifs is 1. The standard InChI is InChI=1S/C21H19F3N6O8S/c1-2-11-4-3-5-12(6-11)28-17-14-18(26-9-25-17)30(10-27-14)19-16(32)15(31)13(38-19)7-37-39(34,35)29-20(33)36-8-21(22,23)24/h1,3-6,9-10,13,15-16,19,31-32H,7-8H2,(H,29,33)(H,25,26,28)/t13-,15-,16-,19-/m1/s1. The average molecular weight is 572 g/mol. The van der Waals surface area contributed by atoms with E-state index in [9.17, 15) is 36.6 Å². The summed E-state index contributed by atoms with van der Waals surface area (Å²) in [5.41, 5.74) is 1.68. The zero-order valence-electron chi connectivity index (χ0n) is 19.4. The fourth-order valence-electron chi connectivity index (χ4n) is 3.51. The first kappa shape index (κ1) is 28.0. The highest BCUT2D eigenvalue weighted by molar-refractivity contribution is 7.85. The Kier molecular flexibility index (Phi) is 7.89. The number of aliphatic hydroxyl groups excluding tert-OH is 2. The molecular weight excluding hydrogens is 553 g/mol. The summed E-state index contributed by atoms with van der Waals surface area (Å²) in [7, 11) is -4.95. The molecule has 0 saturated carbocycles. The molecule has 1 saturated heterocycles. The lowest BCUT2D eigenvalue weighted by atomic mass is 10.1. The maximum atomic E-state index is 12.1. The molecular formula is C21H19F3N6O8S. The predicted molar refractivity (Wildman–Crippen MR) is 124 cm³/mol. The summed E-state index contributed by atoms with van der Waals surface area (Å²) in [5, 5.41) is 24.0. The lowest BCUT2D eigenvalue weighted by Crippen LogP contribution is -2.38. The summed E-state index contributed by atoms with van der Waals surface area (Å²) in [6, 6.07) is 6.92. The molecule has 208 valence electrons. The number of amides is 1. The van der Waals surface area contributed by atoms with Crippen molar-refractivity contribution in [3.8, 4) is 12.3 Å². The Morgan fingerprint density at radius 3 is 2.72 bits per heavy atom. The van der Waals surface area contributed by atoms with Gasteiger partial charge in [-0.15, -0.1) is 6.42 Å². The molecule has 14 nitrogen and oxygen atoms in total. The van der Waals surface area contributed by atoms with Gasteiger partial charge < -0.3 is 25.0 Å². The van der Waals surface area contributed by atoms with Crippen molar-refractivity contribution in [2.45, 2.75) is 30.7 Å². The minimum absolute atomic E-state index is 0.181. The molecule has 1 aliphatic heterocycles. The minimum Gasteiger partial charge on any atom is -0.439 e. The first-order valence-electron chi connectivity index (χ1n) is 10.8. The van der Waals surface area contributed by atoms with E-state index in [1.165, 1.54) is 17.2 Å². The van der Waals surface area contributed by atoms with Gasteiger partial charge in [-0.25, -0.2) is 19.7 Å². The summed E-state index contributed by atoms with van der Waals surface area (Å²) in [6.45, 7) is -2.94. The molecule has 1 aliphatic rings. The second kappa shape index (κ2) is 11.0. The van der Waals surface area contributed by atoms with Gasteiger partial charge in [0.2, 0.25) is 0 Å². The zero-order valence-corrected chi connectivity index (χ0v) is 20.3. The van der Waals surface area contributed by atoms with E-state index in [2.05, 4.69) is 35.1 Å². The van der Waals surface area contributed by atoms with Gasteiger partial charge in [0.1, 0.15) is 24.6 Å². The van der Waals surface area contributed by atoms with E-state index in [0.717, 1.165) is 4.72 Å². The number of alkyl halides is 3. The van der Waals surface area contributed by atoms with Crippen molar-refractivity contribution in [1.82, 2.24) is 24.2 Å². The highest BCUT2D eigenvalue weighted by atomic mass is 32.2. The van der Waals surface area contributed by atoms with Gasteiger partial charge in [0.05, 0.1) is 12.9 Å². The van der Waals surface area contributed by atoms with Crippen LogP contribution in [0.15, 0.2) is 36.9 Å². The van der Waals surface area contributed by atoms with Crippen molar-refractivity contribution in [3.63, 3.8) is 0 Å². The van der Waals surface area contributed by atoms with E-state index in [1.54, 1.807) is 24.3 Å². The van der Waals surface area contributed by atoms with Crippen LogP contribution < -0.4 is 10.0 Å². The third-order valence-electron chi connectivity index (χ3n) is 5.22. The molecule has 2 aromatic heterocycles. The SMILES string of the molecule is C#Cc1cccc(Nc2ncnc3c2ncn3[C@@H]2O[C@H](COS(=O)(=O)NC(=O)OCC(F)(F)F)[C@@H](O)[C@H]2O)c1. The smallest absolute Gasteiger partial charge is 0.423 e. The molecule has 0 radical (unpaired) electrons. The third kappa shape index (κ3) is 6.71. The van der Waals surface area contributed by atoms with Crippen LogP contribution in [0.2, 0.25) is 0 Å². The fourth-order valence-corrected chi connectivity index (χ4v) is 4.15. The number of terminal acetylenes is 1. The van der Waals surface area contributed by atoms with Crippen molar-refractivity contribution >= 4 is 39.1 Å². The Balaban J connectivity index is 1.44. The van der Waals surface area contributed by atoms with Crippen LogP contribution in [0.4, 0.5) is 29.5 Å². The third-order valence-corrected chi connectivity index (χ3v) is 6.09. The molecule has 1 aromatic carbocycles. The van der Waals surface area contributed by atoms with E-state index in [0.29, 0.717) is 11.3 Å². The Hall–Kier alpha value is -4.02. The summed E-state index contributed by atoms with van der Waals surface area (Å²) in [6.07, 6.45) is -4.96. The monoisotopic (exact) mass is 572 g/mol. The number of ether oxygens (including phenoxy) is 2. The lowest BCUT2D eigenvalue weighted by Gasteiger charge is -2.16. The van der Waals surface area contributed by atoms with Crippen LogP contribution in [-0.2, 0) is 24.0 Å². The average Bonchev–Trinajstić information content (AvgIpc) is 3.42. The number of hydrogen-bond acceptors (Lipinski definition) is 12. The van der Waals surface area contributed by atoms with Crippen molar-refractivity contribution in [1.29, 1.82) is 0 Å².